The fraction of sp³-hybridized carbons (Fsp3) is 0.800. The number of aliphatic carboxylic acids is 1. The summed E-state index contributed by atoms with van der Waals surface area (Å²) in [5, 5.41) is 8.18. The summed E-state index contributed by atoms with van der Waals surface area (Å²) in [6.07, 6.45) is 0.718. The molecular weight excluding hydrogens is 128 g/mol. The topological polar surface area (TPSA) is 37.3 Å². The average Bonchev–Trinajstić information content (AvgIpc) is 1.65. The van der Waals surface area contributed by atoms with Gasteiger partial charge in [0.05, 0.1) is 5.92 Å². The highest BCUT2D eigenvalue weighted by molar-refractivity contribution is 5.85. The molecule has 0 bridgehead atoms. The van der Waals surface area contributed by atoms with Crippen LogP contribution >= 0.6 is 12.4 Å². The molecule has 2 nitrogen and oxygen atoms in total. The lowest BCUT2D eigenvalue weighted by atomic mass is 10.1. The molecule has 1 N–H and O–H groups in total. The molecule has 0 saturated carbocycles. The van der Waals surface area contributed by atoms with Crippen LogP contribution in [0.15, 0.2) is 0 Å². The predicted octanol–water partition coefficient (Wildman–Crippen LogP) is 1.54. The van der Waals surface area contributed by atoms with E-state index in [0.717, 1.165) is 6.42 Å². The Bertz CT molecular complexity index is 72.8. The molecule has 0 aromatic rings. The third-order valence-electron chi connectivity index (χ3n) is 1.03. The zero-order valence-electron chi connectivity index (χ0n) is 5.05. The van der Waals surface area contributed by atoms with Gasteiger partial charge in [0.2, 0.25) is 0 Å². The monoisotopic (exact) mass is 138 g/mol. The Kier molecular flexibility index (Phi) is 6.56. The van der Waals surface area contributed by atoms with Gasteiger partial charge in [-0.25, -0.2) is 0 Å². The van der Waals surface area contributed by atoms with Crippen LogP contribution in [0.4, 0.5) is 0 Å². The van der Waals surface area contributed by atoms with Crippen molar-refractivity contribution in [2.24, 2.45) is 5.92 Å². The second-order valence-corrected chi connectivity index (χ2v) is 1.65. The number of carboxylic acid groups (broad SMARTS) is 1. The summed E-state index contributed by atoms with van der Waals surface area (Å²) in [4.78, 5) is 9.93. The van der Waals surface area contributed by atoms with E-state index in [1.807, 2.05) is 6.92 Å². The SMILES string of the molecule is CC[C@@H](C)C(=O)O.Cl. The number of hydrogen-bond acceptors (Lipinski definition) is 1. The zero-order valence-corrected chi connectivity index (χ0v) is 5.86. The van der Waals surface area contributed by atoms with Gasteiger partial charge < -0.3 is 5.11 Å². The van der Waals surface area contributed by atoms with Gasteiger partial charge in [-0.15, -0.1) is 12.4 Å². The summed E-state index contributed by atoms with van der Waals surface area (Å²) < 4.78 is 0. The number of carbonyl (C=O) groups is 1. The van der Waals surface area contributed by atoms with Crippen LogP contribution in [0.1, 0.15) is 20.3 Å². The lowest BCUT2D eigenvalue weighted by Crippen LogP contribution is -2.06. The first-order chi connectivity index (χ1) is 3.18. The molecule has 0 aliphatic carbocycles. The maximum Gasteiger partial charge on any atom is 0.306 e. The van der Waals surface area contributed by atoms with Gasteiger partial charge in [-0.3, -0.25) is 4.79 Å². The second-order valence-electron chi connectivity index (χ2n) is 1.65. The van der Waals surface area contributed by atoms with Crippen molar-refractivity contribution in [3.63, 3.8) is 0 Å². The number of rotatable bonds is 2. The first-order valence-electron chi connectivity index (χ1n) is 2.41. The largest absolute Gasteiger partial charge is 0.481 e. The molecule has 0 amide bonds. The Hall–Kier alpha value is -0.240. The highest BCUT2D eigenvalue weighted by Crippen LogP contribution is 1.97. The Labute approximate surface area is 55.3 Å². The van der Waals surface area contributed by atoms with Crippen LogP contribution in [0.25, 0.3) is 0 Å². The van der Waals surface area contributed by atoms with Gasteiger partial charge in [-0.1, -0.05) is 13.8 Å². The molecule has 8 heavy (non-hydrogen) atoms. The second kappa shape index (κ2) is 4.91. The van der Waals surface area contributed by atoms with Gasteiger partial charge in [-0.2, -0.15) is 0 Å². The van der Waals surface area contributed by atoms with Crippen LogP contribution in [0.2, 0.25) is 0 Å². The minimum Gasteiger partial charge on any atom is -0.481 e. The molecule has 0 aromatic heterocycles. The molecule has 0 heterocycles. The van der Waals surface area contributed by atoms with Crippen LogP contribution in [0, 0.1) is 5.92 Å². The van der Waals surface area contributed by atoms with Gasteiger partial charge in [0.15, 0.2) is 0 Å². The molecule has 0 fully saturated rings. The molecule has 0 aromatic carbocycles. The van der Waals surface area contributed by atoms with Crippen molar-refractivity contribution in [1.82, 2.24) is 0 Å². The molecule has 3 heteroatoms. The van der Waals surface area contributed by atoms with Crippen molar-refractivity contribution >= 4 is 18.4 Å². The molecular formula is C5H11ClO2. The quantitative estimate of drug-likeness (QED) is 0.629. The molecule has 0 radical (unpaired) electrons. The van der Waals surface area contributed by atoms with E-state index >= 15 is 0 Å². The summed E-state index contributed by atoms with van der Waals surface area (Å²) in [6, 6.07) is 0. The maximum atomic E-state index is 9.93. The Morgan fingerprint density at radius 1 is 1.75 bits per heavy atom. The zero-order chi connectivity index (χ0) is 5.86. The Morgan fingerprint density at radius 2 is 2.12 bits per heavy atom. The van der Waals surface area contributed by atoms with E-state index in [-0.39, 0.29) is 18.3 Å². The summed E-state index contributed by atoms with van der Waals surface area (Å²) in [5.74, 6) is -0.887. The molecule has 0 rings (SSSR count). The van der Waals surface area contributed by atoms with Crippen LogP contribution in [0.5, 0.6) is 0 Å². The Balaban J connectivity index is 0. The van der Waals surface area contributed by atoms with E-state index in [9.17, 15) is 4.79 Å². The van der Waals surface area contributed by atoms with E-state index < -0.39 is 5.97 Å². The van der Waals surface area contributed by atoms with Gasteiger partial charge in [-0.05, 0) is 6.42 Å². The summed E-state index contributed by atoms with van der Waals surface area (Å²) in [6.45, 7) is 3.56. The molecule has 0 unspecified atom stereocenters. The summed E-state index contributed by atoms with van der Waals surface area (Å²) in [5.41, 5.74) is 0. The lowest BCUT2D eigenvalue weighted by Gasteiger charge is -1.96. The van der Waals surface area contributed by atoms with E-state index in [1.165, 1.54) is 0 Å². The fourth-order valence-corrected chi connectivity index (χ4v) is 0.175. The van der Waals surface area contributed by atoms with Gasteiger partial charge in [0.25, 0.3) is 0 Å². The highest BCUT2D eigenvalue weighted by Gasteiger charge is 2.05. The van der Waals surface area contributed by atoms with Crippen LogP contribution in [-0.2, 0) is 4.79 Å². The molecule has 0 spiro atoms. The molecule has 0 aliphatic rings. The standard InChI is InChI=1S/C5H10O2.ClH/c1-3-4(2)5(6)7;/h4H,3H2,1-2H3,(H,6,7);1H/t4-;/m1./s1. The normalized spacial score (nSPS) is 11.8. The first kappa shape index (κ1) is 10.7. The van der Waals surface area contributed by atoms with E-state index in [4.69, 9.17) is 5.11 Å². The maximum absolute atomic E-state index is 9.93. The minimum absolute atomic E-state index is 0. The third kappa shape index (κ3) is 3.93. The highest BCUT2D eigenvalue weighted by atomic mass is 35.5. The van der Waals surface area contributed by atoms with Gasteiger partial charge >= 0.3 is 5.97 Å². The number of carboxylic acids is 1. The van der Waals surface area contributed by atoms with Crippen LogP contribution in [-0.4, -0.2) is 11.1 Å². The van der Waals surface area contributed by atoms with Gasteiger partial charge in [0.1, 0.15) is 0 Å². The number of halogens is 1. The summed E-state index contributed by atoms with van der Waals surface area (Å²) >= 11 is 0. The smallest absolute Gasteiger partial charge is 0.306 e. The van der Waals surface area contributed by atoms with Crippen molar-refractivity contribution in [1.29, 1.82) is 0 Å². The summed E-state index contributed by atoms with van der Waals surface area (Å²) in [7, 11) is 0. The van der Waals surface area contributed by atoms with Crippen molar-refractivity contribution in [3.05, 3.63) is 0 Å². The lowest BCUT2D eigenvalue weighted by molar-refractivity contribution is -0.141. The van der Waals surface area contributed by atoms with Gasteiger partial charge in [0, 0.05) is 0 Å². The Morgan fingerprint density at radius 3 is 2.12 bits per heavy atom. The number of hydrogen-bond donors (Lipinski definition) is 1. The minimum atomic E-state index is -0.706. The van der Waals surface area contributed by atoms with Crippen LogP contribution < -0.4 is 0 Å². The van der Waals surface area contributed by atoms with Crippen LogP contribution in [0.3, 0.4) is 0 Å². The van der Waals surface area contributed by atoms with Crippen molar-refractivity contribution in [3.8, 4) is 0 Å². The molecule has 50 valence electrons. The van der Waals surface area contributed by atoms with E-state index in [1.54, 1.807) is 6.92 Å². The average molecular weight is 139 g/mol. The first-order valence-corrected chi connectivity index (χ1v) is 2.41. The molecule has 0 aliphatic heterocycles. The molecule has 0 saturated heterocycles. The third-order valence-corrected chi connectivity index (χ3v) is 1.03. The van der Waals surface area contributed by atoms with Crippen molar-refractivity contribution in [2.75, 3.05) is 0 Å². The van der Waals surface area contributed by atoms with E-state index in [2.05, 4.69) is 0 Å². The predicted molar refractivity (Wildman–Crippen MR) is 34.3 cm³/mol. The van der Waals surface area contributed by atoms with E-state index in [0.29, 0.717) is 0 Å². The molecule has 1 atom stereocenters. The van der Waals surface area contributed by atoms with Crippen molar-refractivity contribution in [2.45, 2.75) is 20.3 Å². The fourth-order valence-electron chi connectivity index (χ4n) is 0.175. The van der Waals surface area contributed by atoms with Crippen molar-refractivity contribution < 1.29 is 9.90 Å².